The first kappa shape index (κ1) is 16.8. The number of nitrogens with zero attached hydrogens (tertiary/aromatic N) is 4. The maximum Gasteiger partial charge on any atom is 0.270 e. The molecule has 120 valence electrons. The number of ether oxygens (including phenoxy) is 2. The average Bonchev–Trinajstić information content (AvgIpc) is 2.91. The lowest BCUT2D eigenvalue weighted by Crippen LogP contribution is -2.36. The summed E-state index contributed by atoms with van der Waals surface area (Å²) in [4.78, 5) is 2.17. The summed E-state index contributed by atoms with van der Waals surface area (Å²) in [5.41, 5.74) is 0.0598. The normalized spacial score (nSPS) is 16.5. The van der Waals surface area contributed by atoms with Gasteiger partial charge in [-0.1, -0.05) is 12.8 Å². The molecule has 1 aromatic rings. The van der Waals surface area contributed by atoms with E-state index >= 15 is 0 Å². The molecule has 1 aliphatic heterocycles. The average molecular weight is 332 g/mol. The number of thiol groups is 1. The van der Waals surface area contributed by atoms with Crippen molar-refractivity contribution in [2.45, 2.75) is 32.7 Å². The van der Waals surface area contributed by atoms with Gasteiger partial charge in [-0.05, 0) is 27.2 Å². The molecule has 0 radical (unpaired) electrons. The Hall–Kier alpha value is -0.570. The number of aromatic nitrogens is 2. The van der Waals surface area contributed by atoms with E-state index in [-0.39, 0.29) is 5.54 Å². The van der Waals surface area contributed by atoms with Crippen molar-refractivity contribution >= 4 is 30.4 Å². The van der Waals surface area contributed by atoms with Crippen molar-refractivity contribution < 1.29 is 9.47 Å². The van der Waals surface area contributed by atoms with Crippen molar-refractivity contribution in [3.05, 3.63) is 0 Å². The molecule has 8 heteroatoms. The van der Waals surface area contributed by atoms with Crippen molar-refractivity contribution in [2.24, 2.45) is 0 Å². The first-order valence-electron chi connectivity index (χ1n) is 7.23. The predicted octanol–water partition coefficient (Wildman–Crippen LogP) is 2.09. The molecule has 0 bridgehead atoms. The molecule has 0 unspecified atom stereocenters. The SMILES string of the molecule is CC(C)(C)N(S)CCCOc1nsnc1N1CCOCC1. The molecular weight excluding hydrogens is 308 g/mol. The summed E-state index contributed by atoms with van der Waals surface area (Å²) in [6.45, 7) is 11.1. The molecule has 2 heterocycles. The number of rotatable bonds is 6. The zero-order valence-corrected chi connectivity index (χ0v) is 14.6. The van der Waals surface area contributed by atoms with E-state index in [1.807, 2.05) is 4.31 Å². The second kappa shape index (κ2) is 7.62. The third-order valence-electron chi connectivity index (χ3n) is 3.28. The predicted molar refractivity (Wildman–Crippen MR) is 88.5 cm³/mol. The molecule has 0 atom stereocenters. The number of morpholine rings is 1. The van der Waals surface area contributed by atoms with Crippen LogP contribution in [0.2, 0.25) is 0 Å². The Morgan fingerprint density at radius 1 is 1.33 bits per heavy atom. The molecule has 21 heavy (non-hydrogen) atoms. The first-order chi connectivity index (χ1) is 9.98. The van der Waals surface area contributed by atoms with Crippen LogP contribution in [0, 0.1) is 0 Å². The Morgan fingerprint density at radius 2 is 2.05 bits per heavy atom. The van der Waals surface area contributed by atoms with Crippen molar-refractivity contribution in [3.8, 4) is 5.88 Å². The van der Waals surface area contributed by atoms with Gasteiger partial charge in [-0.15, -0.1) is 4.37 Å². The topological polar surface area (TPSA) is 50.7 Å². The molecule has 1 saturated heterocycles. The molecule has 0 aliphatic carbocycles. The molecule has 0 N–H and O–H groups in total. The van der Waals surface area contributed by atoms with Crippen LogP contribution >= 0.6 is 24.5 Å². The Labute approximate surface area is 136 Å². The zero-order valence-electron chi connectivity index (χ0n) is 12.9. The number of hydrogen-bond donors (Lipinski definition) is 1. The standard InChI is InChI=1S/C13H24N4O2S2/c1-13(2,3)17(20)5-4-8-19-12-11(14-21-15-12)16-6-9-18-10-7-16/h20H,4-10H2,1-3H3. The van der Waals surface area contributed by atoms with Gasteiger partial charge in [-0.2, -0.15) is 4.37 Å². The monoisotopic (exact) mass is 332 g/mol. The molecule has 0 aromatic carbocycles. The second-order valence-electron chi connectivity index (χ2n) is 5.99. The van der Waals surface area contributed by atoms with Gasteiger partial charge in [-0.25, -0.2) is 4.31 Å². The maximum atomic E-state index is 5.79. The van der Waals surface area contributed by atoms with Gasteiger partial charge in [0, 0.05) is 25.2 Å². The minimum atomic E-state index is 0.0598. The van der Waals surface area contributed by atoms with Gasteiger partial charge in [0.05, 0.1) is 31.5 Å². The summed E-state index contributed by atoms with van der Waals surface area (Å²) in [5.74, 6) is 1.49. The molecule has 1 aromatic heterocycles. The van der Waals surface area contributed by atoms with Gasteiger partial charge in [0.25, 0.3) is 5.88 Å². The fourth-order valence-corrected chi connectivity index (χ4v) is 2.62. The van der Waals surface area contributed by atoms with E-state index in [0.717, 1.165) is 45.1 Å². The fourth-order valence-electron chi connectivity index (χ4n) is 1.95. The van der Waals surface area contributed by atoms with E-state index in [2.05, 4.69) is 47.2 Å². The molecule has 0 amide bonds. The minimum absolute atomic E-state index is 0.0598. The van der Waals surface area contributed by atoms with Crippen LogP contribution in [-0.4, -0.2) is 58.0 Å². The highest BCUT2D eigenvalue weighted by Crippen LogP contribution is 2.26. The van der Waals surface area contributed by atoms with Crippen LogP contribution in [0.3, 0.4) is 0 Å². The molecule has 0 saturated carbocycles. The third kappa shape index (κ3) is 4.98. The lowest BCUT2D eigenvalue weighted by Gasteiger charge is -2.30. The van der Waals surface area contributed by atoms with Gasteiger partial charge in [0.1, 0.15) is 0 Å². The van der Waals surface area contributed by atoms with E-state index in [1.54, 1.807) is 0 Å². The van der Waals surface area contributed by atoms with Gasteiger partial charge >= 0.3 is 0 Å². The van der Waals surface area contributed by atoms with Crippen molar-refractivity contribution in [1.29, 1.82) is 0 Å². The summed E-state index contributed by atoms with van der Waals surface area (Å²) in [5, 5.41) is 0. The Balaban J connectivity index is 1.77. The Kier molecular flexibility index (Phi) is 6.09. The smallest absolute Gasteiger partial charge is 0.270 e. The Bertz CT molecular complexity index is 430. The van der Waals surface area contributed by atoms with Crippen molar-refractivity contribution in [1.82, 2.24) is 13.1 Å². The van der Waals surface area contributed by atoms with E-state index in [4.69, 9.17) is 9.47 Å². The zero-order chi connectivity index (χ0) is 15.3. The molecule has 2 rings (SSSR count). The minimum Gasteiger partial charge on any atom is -0.474 e. The van der Waals surface area contributed by atoms with Crippen LogP contribution in [0.1, 0.15) is 27.2 Å². The summed E-state index contributed by atoms with van der Waals surface area (Å²) in [6, 6.07) is 0. The highest BCUT2D eigenvalue weighted by Gasteiger charge is 2.20. The molecule has 1 aliphatic rings. The summed E-state index contributed by atoms with van der Waals surface area (Å²) in [7, 11) is 0. The largest absolute Gasteiger partial charge is 0.474 e. The van der Waals surface area contributed by atoms with Crippen molar-refractivity contribution in [3.63, 3.8) is 0 Å². The fraction of sp³-hybridized carbons (Fsp3) is 0.846. The van der Waals surface area contributed by atoms with Crippen LogP contribution in [-0.2, 0) is 4.74 Å². The van der Waals surface area contributed by atoms with Gasteiger partial charge in [0.2, 0.25) is 5.82 Å². The third-order valence-corrected chi connectivity index (χ3v) is 4.58. The Morgan fingerprint density at radius 3 is 2.71 bits per heavy atom. The van der Waals surface area contributed by atoms with Crippen LogP contribution in [0.15, 0.2) is 0 Å². The van der Waals surface area contributed by atoms with E-state index in [9.17, 15) is 0 Å². The van der Waals surface area contributed by atoms with Gasteiger partial charge in [-0.3, -0.25) is 0 Å². The van der Waals surface area contributed by atoms with Crippen LogP contribution in [0.4, 0.5) is 5.82 Å². The summed E-state index contributed by atoms with van der Waals surface area (Å²) >= 11 is 5.69. The molecule has 6 nitrogen and oxygen atoms in total. The van der Waals surface area contributed by atoms with E-state index in [1.165, 1.54) is 11.7 Å². The molecule has 0 spiro atoms. The van der Waals surface area contributed by atoms with E-state index < -0.39 is 0 Å². The van der Waals surface area contributed by atoms with Gasteiger partial charge in [0.15, 0.2) is 0 Å². The van der Waals surface area contributed by atoms with E-state index in [0.29, 0.717) is 12.5 Å². The number of hydrogen-bond acceptors (Lipinski definition) is 8. The highest BCUT2D eigenvalue weighted by molar-refractivity contribution is 7.77. The molecule has 1 fully saturated rings. The number of anilines is 1. The van der Waals surface area contributed by atoms with Crippen LogP contribution in [0.5, 0.6) is 5.88 Å². The van der Waals surface area contributed by atoms with Gasteiger partial charge < -0.3 is 14.4 Å². The molecular formula is C13H24N4O2S2. The first-order valence-corrected chi connectivity index (χ1v) is 8.36. The quantitative estimate of drug-likeness (QED) is 0.636. The maximum absolute atomic E-state index is 5.79. The van der Waals surface area contributed by atoms with Crippen molar-refractivity contribution in [2.75, 3.05) is 44.4 Å². The second-order valence-corrected chi connectivity index (χ2v) is 7.00. The summed E-state index contributed by atoms with van der Waals surface area (Å²) < 4.78 is 21.8. The summed E-state index contributed by atoms with van der Waals surface area (Å²) in [6.07, 6.45) is 0.904. The lowest BCUT2D eigenvalue weighted by atomic mass is 10.1. The highest BCUT2D eigenvalue weighted by atomic mass is 32.1. The van der Waals surface area contributed by atoms with Crippen LogP contribution < -0.4 is 9.64 Å². The van der Waals surface area contributed by atoms with Crippen LogP contribution in [0.25, 0.3) is 0 Å². The lowest BCUT2D eigenvalue weighted by molar-refractivity contribution is 0.122.